The summed E-state index contributed by atoms with van der Waals surface area (Å²) in [6.45, 7) is 4.67. The lowest BCUT2D eigenvalue weighted by molar-refractivity contribution is -0.127. The zero-order chi connectivity index (χ0) is 29.9. The standard InChI is InChI=1S/C35H44N2O4S/c1-4-5-20-37(3)34(39)26-42(40)24-22-36(2)21-23-41-31-17-14-28(15-18-31)35-32(27-10-7-6-8-11-27)13-9-12-29-25-30(38)16-19-33(29)35/h6-8,10-11,14-19,25,38H,4-5,9,12-13,20-24,26H2,1-3H3. The first-order chi connectivity index (χ1) is 20.4. The molecule has 0 saturated carbocycles. The molecular weight excluding hydrogens is 544 g/mol. The largest absolute Gasteiger partial charge is 0.508 e. The van der Waals surface area contributed by atoms with E-state index in [-0.39, 0.29) is 11.7 Å². The summed E-state index contributed by atoms with van der Waals surface area (Å²) in [5.41, 5.74) is 7.24. The van der Waals surface area contributed by atoms with Crippen molar-refractivity contribution in [1.29, 1.82) is 0 Å². The monoisotopic (exact) mass is 588 g/mol. The molecule has 0 saturated heterocycles. The lowest BCUT2D eigenvalue weighted by Gasteiger charge is -2.19. The predicted molar refractivity (Wildman–Crippen MR) is 173 cm³/mol. The first-order valence-corrected chi connectivity index (χ1v) is 16.5. The van der Waals surface area contributed by atoms with Crippen molar-refractivity contribution in [2.75, 3.05) is 51.8 Å². The molecule has 42 heavy (non-hydrogen) atoms. The molecule has 1 aliphatic carbocycles. The number of carbonyl (C=O) groups is 1. The first kappa shape index (κ1) is 31.5. The van der Waals surface area contributed by atoms with Crippen LogP contribution < -0.4 is 4.74 Å². The SMILES string of the molecule is CCCCN(C)C(=O)CS(=O)CCN(C)CCOc1ccc(C2=C(c3ccccc3)CCCc3cc(O)ccc32)cc1. The number of carbonyl (C=O) groups excluding carboxylic acids is 1. The Morgan fingerprint density at radius 2 is 1.69 bits per heavy atom. The number of amides is 1. The van der Waals surface area contributed by atoms with Crippen molar-refractivity contribution in [1.82, 2.24) is 9.80 Å². The van der Waals surface area contributed by atoms with E-state index in [1.54, 1.807) is 18.0 Å². The lowest BCUT2D eigenvalue weighted by Crippen LogP contribution is -2.34. The van der Waals surface area contributed by atoms with E-state index in [1.807, 2.05) is 37.4 Å². The molecular formula is C35H44N2O4S. The van der Waals surface area contributed by atoms with Gasteiger partial charge in [0, 0.05) is 43.2 Å². The van der Waals surface area contributed by atoms with E-state index in [4.69, 9.17) is 4.74 Å². The van der Waals surface area contributed by atoms with Crippen LogP contribution in [0.3, 0.4) is 0 Å². The van der Waals surface area contributed by atoms with Crippen LogP contribution >= 0.6 is 0 Å². The third-order valence-electron chi connectivity index (χ3n) is 7.80. The molecule has 1 aliphatic rings. The number of benzene rings is 3. The van der Waals surface area contributed by atoms with Gasteiger partial charge in [0.15, 0.2) is 0 Å². The molecule has 0 heterocycles. The molecule has 7 heteroatoms. The molecule has 0 fully saturated rings. The number of allylic oxidation sites excluding steroid dienone is 1. The maximum absolute atomic E-state index is 12.4. The van der Waals surface area contributed by atoms with Gasteiger partial charge in [-0.05, 0) is 90.4 Å². The van der Waals surface area contributed by atoms with Gasteiger partial charge in [0.2, 0.25) is 5.91 Å². The van der Waals surface area contributed by atoms with Crippen LogP contribution in [0.15, 0.2) is 72.8 Å². The zero-order valence-corrected chi connectivity index (χ0v) is 26.0. The molecule has 0 aromatic heterocycles. The summed E-state index contributed by atoms with van der Waals surface area (Å²) in [4.78, 5) is 16.0. The number of ether oxygens (including phenoxy) is 1. The van der Waals surface area contributed by atoms with Crippen molar-refractivity contribution in [3.63, 3.8) is 0 Å². The van der Waals surface area contributed by atoms with Crippen LogP contribution in [0.5, 0.6) is 11.5 Å². The normalized spacial score (nSPS) is 13.9. The molecule has 0 spiro atoms. The van der Waals surface area contributed by atoms with Crippen LogP contribution in [0.1, 0.15) is 54.9 Å². The van der Waals surface area contributed by atoms with Crippen LogP contribution in [-0.4, -0.2) is 76.9 Å². The summed E-state index contributed by atoms with van der Waals surface area (Å²) in [6, 6.07) is 24.6. The fraction of sp³-hybridized carbons (Fsp3) is 0.400. The van der Waals surface area contributed by atoms with Gasteiger partial charge in [-0.1, -0.05) is 61.9 Å². The molecule has 0 bridgehead atoms. The van der Waals surface area contributed by atoms with Crippen molar-refractivity contribution in [3.8, 4) is 11.5 Å². The van der Waals surface area contributed by atoms with E-state index in [2.05, 4.69) is 48.2 Å². The van der Waals surface area contributed by atoms with Crippen LogP contribution in [0.2, 0.25) is 0 Å². The number of likely N-dealkylation sites (N-methyl/N-ethyl adjacent to an activating group) is 1. The predicted octanol–water partition coefficient (Wildman–Crippen LogP) is 6.01. The Morgan fingerprint density at radius 3 is 2.43 bits per heavy atom. The average molecular weight is 589 g/mol. The highest BCUT2D eigenvalue weighted by molar-refractivity contribution is 7.85. The Kier molecular flexibility index (Phi) is 11.8. The quantitative estimate of drug-likeness (QED) is 0.250. The number of unbranched alkanes of at least 4 members (excludes halogenated alkanes) is 1. The average Bonchev–Trinajstić information content (AvgIpc) is 3.19. The summed E-state index contributed by atoms with van der Waals surface area (Å²) in [5.74, 6) is 1.62. The molecule has 1 amide bonds. The Morgan fingerprint density at radius 1 is 0.929 bits per heavy atom. The molecule has 1 atom stereocenters. The zero-order valence-electron chi connectivity index (χ0n) is 25.2. The number of aryl methyl sites for hydroxylation is 1. The van der Waals surface area contributed by atoms with Crippen molar-refractivity contribution < 1.29 is 18.8 Å². The maximum Gasteiger partial charge on any atom is 0.234 e. The van der Waals surface area contributed by atoms with E-state index < -0.39 is 10.8 Å². The van der Waals surface area contributed by atoms with Gasteiger partial charge >= 0.3 is 0 Å². The van der Waals surface area contributed by atoms with Gasteiger partial charge in [-0.15, -0.1) is 0 Å². The highest BCUT2D eigenvalue weighted by Crippen LogP contribution is 2.40. The Hall–Kier alpha value is -3.42. The van der Waals surface area contributed by atoms with Gasteiger partial charge in [0.1, 0.15) is 23.9 Å². The van der Waals surface area contributed by atoms with Crippen molar-refractivity contribution in [3.05, 3.63) is 95.1 Å². The molecule has 3 aromatic rings. The number of phenols is 1. The molecule has 3 aromatic carbocycles. The Labute approximate surface area is 253 Å². The van der Waals surface area contributed by atoms with Crippen molar-refractivity contribution in [2.24, 2.45) is 0 Å². The molecule has 224 valence electrons. The van der Waals surface area contributed by atoms with Crippen LogP contribution in [0.25, 0.3) is 11.1 Å². The van der Waals surface area contributed by atoms with E-state index >= 15 is 0 Å². The van der Waals surface area contributed by atoms with Gasteiger partial charge in [-0.3, -0.25) is 9.00 Å². The van der Waals surface area contributed by atoms with E-state index in [0.29, 0.717) is 37.7 Å². The van der Waals surface area contributed by atoms with Crippen LogP contribution in [-0.2, 0) is 22.0 Å². The van der Waals surface area contributed by atoms with Gasteiger partial charge < -0.3 is 19.6 Å². The minimum absolute atomic E-state index is 0.0478. The van der Waals surface area contributed by atoms with E-state index in [9.17, 15) is 14.1 Å². The second-order valence-electron chi connectivity index (χ2n) is 11.0. The highest BCUT2D eigenvalue weighted by Gasteiger charge is 2.20. The van der Waals surface area contributed by atoms with Crippen molar-refractivity contribution in [2.45, 2.75) is 39.0 Å². The Balaban J connectivity index is 1.35. The number of rotatable bonds is 14. The molecule has 1 N–H and O–H groups in total. The number of hydrogen-bond acceptors (Lipinski definition) is 5. The molecule has 0 aliphatic heterocycles. The maximum atomic E-state index is 12.4. The van der Waals surface area contributed by atoms with Crippen molar-refractivity contribution >= 4 is 27.9 Å². The molecule has 1 unspecified atom stereocenters. The number of nitrogens with zero attached hydrogens (tertiary/aromatic N) is 2. The third kappa shape index (κ3) is 8.79. The first-order valence-electron chi connectivity index (χ1n) is 15.0. The second-order valence-corrected chi connectivity index (χ2v) is 12.6. The van der Waals surface area contributed by atoms with Gasteiger partial charge in [0.05, 0.1) is 0 Å². The fourth-order valence-corrected chi connectivity index (χ4v) is 6.43. The number of hydrogen-bond donors (Lipinski definition) is 1. The Bertz CT molecular complexity index is 1370. The smallest absolute Gasteiger partial charge is 0.234 e. The minimum Gasteiger partial charge on any atom is -0.508 e. The fourth-order valence-electron chi connectivity index (χ4n) is 5.28. The molecule has 6 nitrogen and oxygen atoms in total. The van der Waals surface area contributed by atoms with Crippen LogP contribution in [0, 0.1) is 0 Å². The van der Waals surface area contributed by atoms with Gasteiger partial charge in [-0.25, -0.2) is 0 Å². The molecule has 0 radical (unpaired) electrons. The molecule has 4 rings (SSSR count). The minimum atomic E-state index is -1.17. The number of fused-ring (bicyclic) bond motifs is 1. The van der Waals surface area contributed by atoms with Gasteiger partial charge in [-0.2, -0.15) is 0 Å². The third-order valence-corrected chi connectivity index (χ3v) is 9.00. The summed E-state index contributed by atoms with van der Waals surface area (Å²) in [5, 5.41) is 10.2. The van der Waals surface area contributed by atoms with E-state index in [1.165, 1.54) is 27.8 Å². The summed E-state index contributed by atoms with van der Waals surface area (Å²) < 4.78 is 18.5. The highest BCUT2D eigenvalue weighted by atomic mass is 32.2. The summed E-state index contributed by atoms with van der Waals surface area (Å²) >= 11 is 0. The number of phenolic OH excluding ortho intramolecular Hbond substituents is 1. The topological polar surface area (TPSA) is 70.1 Å². The van der Waals surface area contributed by atoms with Gasteiger partial charge in [0.25, 0.3) is 0 Å². The number of aromatic hydroxyl groups is 1. The lowest BCUT2D eigenvalue weighted by atomic mass is 9.88. The van der Waals surface area contributed by atoms with E-state index in [0.717, 1.165) is 43.4 Å². The summed E-state index contributed by atoms with van der Waals surface area (Å²) in [7, 11) is 2.60. The van der Waals surface area contributed by atoms with Crippen LogP contribution in [0.4, 0.5) is 0 Å². The second kappa shape index (κ2) is 15.7. The summed E-state index contributed by atoms with van der Waals surface area (Å²) in [6.07, 6.45) is 4.92.